The molecule has 2 aromatic heterocycles. The molecule has 1 atom stereocenters. The number of carbonyl (C=O) groups is 2. The standard InChI is InChI=1S/C34H33N3O4/c1-34(2,3)41-33(40)29(21-25-22-35-28-19-11-10-17-26(25)28)36-31(38)27-18-12-20-37(32(27)39)30(23-13-6-4-7-14-23)24-15-8-5-9-16-24/h4-20,22,29-30,35H,21H2,1-3H3,(H,36,38)/t29-/m0/s1. The van der Waals surface area contributed by atoms with Gasteiger partial charge in [0.05, 0.1) is 6.04 Å². The number of ether oxygens (including phenoxy) is 1. The summed E-state index contributed by atoms with van der Waals surface area (Å²) in [7, 11) is 0. The van der Waals surface area contributed by atoms with Crippen molar-refractivity contribution >= 4 is 22.8 Å². The van der Waals surface area contributed by atoms with Gasteiger partial charge in [0.2, 0.25) is 0 Å². The fourth-order valence-corrected chi connectivity index (χ4v) is 4.99. The van der Waals surface area contributed by atoms with Crippen LogP contribution in [0.3, 0.4) is 0 Å². The van der Waals surface area contributed by atoms with Crippen LogP contribution in [0.25, 0.3) is 10.9 Å². The molecule has 7 nitrogen and oxygen atoms in total. The first kappa shape index (κ1) is 27.6. The van der Waals surface area contributed by atoms with Gasteiger partial charge in [0.1, 0.15) is 17.2 Å². The molecule has 5 aromatic rings. The van der Waals surface area contributed by atoms with Crippen LogP contribution in [0.2, 0.25) is 0 Å². The van der Waals surface area contributed by atoms with Crippen molar-refractivity contribution in [2.24, 2.45) is 0 Å². The number of amides is 1. The van der Waals surface area contributed by atoms with Crippen molar-refractivity contribution in [1.29, 1.82) is 0 Å². The predicted molar refractivity (Wildman–Crippen MR) is 160 cm³/mol. The van der Waals surface area contributed by atoms with Gasteiger partial charge in [-0.05, 0) is 55.7 Å². The van der Waals surface area contributed by atoms with E-state index in [9.17, 15) is 14.4 Å². The van der Waals surface area contributed by atoms with Crippen LogP contribution in [0.15, 0.2) is 114 Å². The first-order chi connectivity index (χ1) is 19.7. The number of rotatable bonds is 8. The van der Waals surface area contributed by atoms with Crippen molar-refractivity contribution in [3.63, 3.8) is 0 Å². The Labute approximate surface area is 238 Å². The molecule has 208 valence electrons. The number of H-pyrrole nitrogens is 1. The van der Waals surface area contributed by atoms with Gasteiger partial charge in [-0.15, -0.1) is 0 Å². The van der Waals surface area contributed by atoms with Crippen LogP contribution in [0.5, 0.6) is 0 Å². The maximum Gasteiger partial charge on any atom is 0.329 e. The molecule has 0 aliphatic rings. The zero-order valence-corrected chi connectivity index (χ0v) is 23.3. The molecule has 0 spiro atoms. The van der Waals surface area contributed by atoms with Gasteiger partial charge in [0, 0.05) is 29.7 Å². The quantitative estimate of drug-likeness (QED) is 0.246. The van der Waals surface area contributed by atoms with Crippen molar-refractivity contribution in [3.8, 4) is 0 Å². The summed E-state index contributed by atoms with van der Waals surface area (Å²) in [4.78, 5) is 44.0. The number of aromatic nitrogens is 2. The molecule has 2 N–H and O–H groups in total. The Morgan fingerprint density at radius 3 is 2.10 bits per heavy atom. The van der Waals surface area contributed by atoms with Gasteiger partial charge in [-0.25, -0.2) is 4.79 Å². The highest BCUT2D eigenvalue weighted by molar-refractivity contribution is 5.97. The van der Waals surface area contributed by atoms with Gasteiger partial charge in [0.25, 0.3) is 11.5 Å². The van der Waals surface area contributed by atoms with Crippen molar-refractivity contribution in [1.82, 2.24) is 14.9 Å². The maximum atomic E-state index is 13.9. The summed E-state index contributed by atoms with van der Waals surface area (Å²) in [5.41, 5.74) is 2.33. The number of hydrogen-bond acceptors (Lipinski definition) is 4. The number of pyridine rings is 1. The number of esters is 1. The van der Waals surface area contributed by atoms with Crippen molar-refractivity contribution in [3.05, 3.63) is 142 Å². The Hall–Kier alpha value is -4.91. The summed E-state index contributed by atoms with van der Waals surface area (Å²) < 4.78 is 7.22. The largest absolute Gasteiger partial charge is 0.458 e. The van der Waals surface area contributed by atoms with Crippen LogP contribution in [0.1, 0.15) is 53.9 Å². The highest BCUT2D eigenvalue weighted by atomic mass is 16.6. The van der Waals surface area contributed by atoms with Crippen molar-refractivity contribution in [2.45, 2.75) is 44.9 Å². The van der Waals surface area contributed by atoms with E-state index in [1.54, 1.807) is 37.6 Å². The molecule has 0 aliphatic carbocycles. The molecule has 0 fully saturated rings. The van der Waals surface area contributed by atoms with E-state index < -0.39 is 35.1 Å². The van der Waals surface area contributed by atoms with Crippen molar-refractivity contribution < 1.29 is 14.3 Å². The van der Waals surface area contributed by atoms with E-state index in [2.05, 4.69) is 10.3 Å². The third kappa shape index (κ3) is 6.30. The van der Waals surface area contributed by atoms with Crippen LogP contribution in [0, 0.1) is 0 Å². The lowest BCUT2D eigenvalue weighted by Gasteiger charge is -2.25. The molecular formula is C34H33N3O4. The molecule has 0 radical (unpaired) electrons. The smallest absolute Gasteiger partial charge is 0.329 e. The summed E-state index contributed by atoms with van der Waals surface area (Å²) in [5, 5.41) is 3.75. The highest BCUT2D eigenvalue weighted by Crippen LogP contribution is 2.25. The molecule has 1 amide bonds. The normalized spacial score (nSPS) is 12.3. The minimum absolute atomic E-state index is 0.0585. The summed E-state index contributed by atoms with van der Waals surface area (Å²) in [6.45, 7) is 5.33. The van der Waals surface area contributed by atoms with Gasteiger partial charge in [-0.3, -0.25) is 9.59 Å². The van der Waals surface area contributed by atoms with Gasteiger partial charge >= 0.3 is 5.97 Å². The Kier molecular flexibility index (Phi) is 7.88. The van der Waals surface area contributed by atoms with Gasteiger partial charge in [-0.1, -0.05) is 78.9 Å². The highest BCUT2D eigenvalue weighted by Gasteiger charge is 2.29. The molecule has 3 aromatic carbocycles. The fraction of sp³-hybridized carbons (Fsp3) is 0.206. The van der Waals surface area contributed by atoms with Crippen LogP contribution in [-0.4, -0.2) is 33.1 Å². The fourth-order valence-electron chi connectivity index (χ4n) is 4.99. The number of para-hydroxylation sites is 1. The number of nitrogens with one attached hydrogen (secondary N) is 2. The zero-order chi connectivity index (χ0) is 29.0. The van der Waals surface area contributed by atoms with Crippen LogP contribution in [0.4, 0.5) is 0 Å². The number of aromatic amines is 1. The molecule has 5 rings (SSSR count). The summed E-state index contributed by atoms with van der Waals surface area (Å²) in [5.74, 6) is -1.21. The first-order valence-corrected chi connectivity index (χ1v) is 13.6. The topological polar surface area (TPSA) is 93.2 Å². The average Bonchev–Trinajstić information content (AvgIpc) is 3.37. The monoisotopic (exact) mass is 547 g/mol. The molecule has 0 unspecified atom stereocenters. The third-order valence-electron chi connectivity index (χ3n) is 6.82. The van der Waals surface area contributed by atoms with Gasteiger partial charge in [0.15, 0.2) is 0 Å². The van der Waals surface area contributed by atoms with Crippen LogP contribution in [-0.2, 0) is 16.0 Å². The van der Waals surface area contributed by atoms with E-state index in [0.29, 0.717) is 0 Å². The molecule has 0 saturated carbocycles. The van der Waals surface area contributed by atoms with E-state index in [0.717, 1.165) is 27.6 Å². The number of carbonyl (C=O) groups excluding carboxylic acids is 2. The SMILES string of the molecule is CC(C)(C)OC(=O)[C@H](Cc1c[nH]c2ccccc12)NC(=O)c1cccn(C(c2ccccc2)c2ccccc2)c1=O. The predicted octanol–water partition coefficient (Wildman–Crippen LogP) is 5.65. The summed E-state index contributed by atoms with van der Waals surface area (Å²) >= 11 is 0. The molecule has 0 aliphatic heterocycles. The lowest BCUT2D eigenvalue weighted by Crippen LogP contribution is -2.47. The second kappa shape index (κ2) is 11.7. The number of nitrogens with zero attached hydrogens (tertiary/aromatic N) is 1. The Balaban J connectivity index is 1.49. The minimum Gasteiger partial charge on any atom is -0.458 e. The Morgan fingerprint density at radius 2 is 1.46 bits per heavy atom. The second-order valence-corrected chi connectivity index (χ2v) is 11.0. The van der Waals surface area contributed by atoms with E-state index in [1.807, 2.05) is 91.1 Å². The zero-order valence-electron chi connectivity index (χ0n) is 23.3. The summed E-state index contributed by atoms with van der Waals surface area (Å²) in [6, 6.07) is 28.8. The lowest BCUT2D eigenvalue weighted by molar-refractivity contribution is -0.157. The number of hydrogen-bond donors (Lipinski definition) is 2. The van der Waals surface area contributed by atoms with E-state index >= 15 is 0 Å². The van der Waals surface area contributed by atoms with Gasteiger partial charge < -0.3 is 19.6 Å². The molecular weight excluding hydrogens is 514 g/mol. The first-order valence-electron chi connectivity index (χ1n) is 13.6. The average molecular weight is 548 g/mol. The number of fused-ring (bicyclic) bond motifs is 1. The third-order valence-corrected chi connectivity index (χ3v) is 6.82. The molecule has 2 heterocycles. The van der Waals surface area contributed by atoms with Gasteiger partial charge in [-0.2, -0.15) is 0 Å². The molecule has 7 heteroatoms. The Bertz CT molecular complexity index is 1680. The second-order valence-electron chi connectivity index (χ2n) is 11.0. The molecule has 0 bridgehead atoms. The maximum absolute atomic E-state index is 13.9. The summed E-state index contributed by atoms with van der Waals surface area (Å²) in [6.07, 6.45) is 3.71. The minimum atomic E-state index is -1.01. The molecule has 41 heavy (non-hydrogen) atoms. The Morgan fingerprint density at radius 1 is 0.854 bits per heavy atom. The number of benzene rings is 3. The van der Waals surface area contributed by atoms with E-state index in [1.165, 1.54) is 6.07 Å². The van der Waals surface area contributed by atoms with Crippen LogP contribution < -0.4 is 10.9 Å². The lowest BCUT2D eigenvalue weighted by atomic mass is 9.98. The molecule has 0 saturated heterocycles. The van der Waals surface area contributed by atoms with Crippen molar-refractivity contribution in [2.75, 3.05) is 0 Å². The van der Waals surface area contributed by atoms with E-state index in [4.69, 9.17) is 4.74 Å². The van der Waals surface area contributed by atoms with E-state index in [-0.39, 0.29) is 12.0 Å². The van der Waals surface area contributed by atoms with Crippen LogP contribution >= 0.6 is 0 Å².